The number of halogens is 1. The maximum Gasteiger partial charge on any atom is 0.340 e. The third-order valence-corrected chi connectivity index (χ3v) is 2.86. The van der Waals surface area contributed by atoms with Gasteiger partial charge in [0.15, 0.2) is 5.82 Å². The third-order valence-electron chi connectivity index (χ3n) is 2.86. The number of ether oxygens (including phenoxy) is 1. The molecule has 112 valence electrons. The van der Waals surface area contributed by atoms with Crippen LogP contribution in [0.4, 0.5) is 4.39 Å². The number of benzene rings is 1. The van der Waals surface area contributed by atoms with Gasteiger partial charge in [-0.05, 0) is 17.7 Å². The molecule has 0 atom stereocenters. The van der Waals surface area contributed by atoms with E-state index in [0.717, 1.165) is 5.56 Å². The molecule has 7 heteroatoms. The van der Waals surface area contributed by atoms with Gasteiger partial charge in [-0.15, -0.1) is 0 Å². The minimum absolute atomic E-state index is 0.0662. The molecule has 2 aromatic rings. The minimum atomic E-state index is -0.681. The molecule has 2 rings (SSSR count). The summed E-state index contributed by atoms with van der Waals surface area (Å²) >= 11 is 0. The first kappa shape index (κ1) is 15.1. The number of nitrogens with zero attached hydrogens (tertiary/aromatic N) is 2. The molecule has 21 heavy (non-hydrogen) atoms. The van der Waals surface area contributed by atoms with Crippen LogP contribution in [-0.4, -0.2) is 29.8 Å². The summed E-state index contributed by atoms with van der Waals surface area (Å²) in [6.07, 6.45) is 0.625. The molecule has 0 saturated heterocycles. The highest BCUT2D eigenvalue weighted by Gasteiger charge is 2.12. The molecule has 0 aliphatic carbocycles. The Kier molecular flexibility index (Phi) is 4.99. The van der Waals surface area contributed by atoms with E-state index in [1.54, 1.807) is 13.0 Å². The van der Waals surface area contributed by atoms with E-state index < -0.39 is 11.8 Å². The van der Waals surface area contributed by atoms with Gasteiger partial charge < -0.3 is 14.6 Å². The molecule has 0 radical (unpaired) electrons. The molecule has 1 heterocycles. The number of nitrogens with one attached hydrogen (secondary N) is 1. The summed E-state index contributed by atoms with van der Waals surface area (Å²) in [4.78, 5) is 15.3. The molecular weight excluding hydrogens is 277 g/mol. The van der Waals surface area contributed by atoms with Crippen LogP contribution < -0.4 is 5.32 Å². The van der Waals surface area contributed by atoms with E-state index in [-0.39, 0.29) is 5.56 Å². The second-order valence-corrected chi connectivity index (χ2v) is 4.46. The van der Waals surface area contributed by atoms with Crippen LogP contribution in [0.3, 0.4) is 0 Å². The second-order valence-electron chi connectivity index (χ2n) is 4.46. The van der Waals surface area contributed by atoms with Gasteiger partial charge in [-0.3, -0.25) is 0 Å². The normalized spacial score (nSPS) is 10.6. The number of aromatic nitrogens is 2. The molecule has 0 aliphatic heterocycles. The monoisotopic (exact) mass is 293 g/mol. The fraction of sp³-hybridized carbons (Fsp3) is 0.357. The summed E-state index contributed by atoms with van der Waals surface area (Å²) in [5.41, 5.74) is 0.674. The number of carbonyl (C=O) groups is 1. The van der Waals surface area contributed by atoms with E-state index in [2.05, 4.69) is 20.2 Å². The van der Waals surface area contributed by atoms with E-state index in [9.17, 15) is 9.18 Å². The van der Waals surface area contributed by atoms with Crippen LogP contribution in [-0.2, 0) is 17.7 Å². The lowest BCUT2D eigenvalue weighted by molar-refractivity contribution is 0.0595. The van der Waals surface area contributed by atoms with Crippen LogP contribution in [0, 0.1) is 12.7 Å². The fourth-order valence-electron chi connectivity index (χ4n) is 1.82. The molecule has 1 aromatic carbocycles. The van der Waals surface area contributed by atoms with Gasteiger partial charge in [0.2, 0.25) is 5.89 Å². The average Bonchev–Trinajstić information content (AvgIpc) is 2.88. The first-order chi connectivity index (χ1) is 10.1. The number of esters is 1. The van der Waals surface area contributed by atoms with Gasteiger partial charge in [-0.25, -0.2) is 9.18 Å². The van der Waals surface area contributed by atoms with Gasteiger partial charge >= 0.3 is 5.97 Å². The number of hydrogen-bond acceptors (Lipinski definition) is 6. The molecule has 0 aliphatic rings. The number of rotatable bonds is 6. The molecule has 1 N–H and O–H groups in total. The van der Waals surface area contributed by atoms with E-state index >= 15 is 0 Å². The van der Waals surface area contributed by atoms with Crippen LogP contribution in [0.2, 0.25) is 0 Å². The summed E-state index contributed by atoms with van der Waals surface area (Å²) in [6.45, 7) is 2.85. The second kappa shape index (κ2) is 6.94. The number of aryl methyl sites for hydroxylation is 1. The van der Waals surface area contributed by atoms with Crippen molar-refractivity contribution in [3.63, 3.8) is 0 Å². The number of methoxy groups -OCH3 is 1. The molecule has 0 fully saturated rings. The topological polar surface area (TPSA) is 77.2 Å². The van der Waals surface area contributed by atoms with Crippen molar-refractivity contribution in [2.24, 2.45) is 0 Å². The Labute approximate surface area is 121 Å². The lowest BCUT2D eigenvalue weighted by Gasteiger charge is -2.06. The molecule has 0 bridgehead atoms. The molecule has 0 amide bonds. The van der Waals surface area contributed by atoms with Crippen molar-refractivity contribution in [1.29, 1.82) is 0 Å². The minimum Gasteiger partial charge on any atom is -0.465 e. The predicted molar refractivity (Wildman–Crippen MR) is 72.2 cm³/mol. The van der Waals surface area contributed by atoms with Crippen molar-refractivity contribution in [3.05, 3.63) is 46.9 Å². The Morgan fingerprint density at radius 1 is 1.48 bits per heavy atom. The Morgan fingerprint density at radius 3 is 2.90 bits per heavy atom. The Bertz CT molecular complexity index is 628. The zero-order chi connectivity index (χ0) is 15.2. The lowest BCUT2D eigenvalue weighted by atomic mass is 10.1. The van der Waals surface area contributed by atoms with Crippen molar-refractivity contribution >= 4 is 5.97 Å². The van der Waals surface area contributed by atoms with E-state index in [4.69, 9.17) is 4.52 Å². The zero-order valence-corrected chi connectivity index (χ0v) is 11.9. The highest BCUT2D eigenvalue weighted by atomic mass is 19.1. The Morgan fingerprint density at radius 2 is 2.29 bits per heavy atom. The van der Waals surface area contributed by atoms with Gasteiger partial charge in [0.05, 0.1) is 12.7 Å². The fourth-order valence-corrected chi connectivity index (χ4v) is 1.82. The van der Waals surface area contributed by atoms with Gasteiger partial charge in [-0.2, -0.15) is 4.98 Å². The zero-order valence-electron chi connectivity index (χ0n) is 11.9. The highest BCUT2D eigenvalue weighted by Crippen LogP contribution is 2.11. The summed E-state index contributed by atoms with van der Waals surface area (Å²) in [5.74, 6) is -0.105. The van der Waals surface area contributed by atoms with Crippen LogP contribution in [0.25, 0.3) is 0 Å². The van der Waals surface area contributed by atoms with Crippen molar-refractivity contribution in [2.45, 2.75) is 19.9 Å². The van der Waals surface area contributed by atoms with Crippen molar-refractivity contribution < 1.29 is 18.4 Å². The van der Waals surface area contributed by atoms with E-state index in [0.29, 0.717) is 31.2 Å². The van der Waals surface area contributed by atoms with E-state index in [1.165, 1.54) is 19.2 Å². The van der Waals surface area contributed by atoms with Gasteiger partial charge in [0, 0.05) is 26.4 Å². The molecule has 0 spiro atoms. The first-order valence-electron chi connectivity index (χ1n) is 6.47. The standard InChI is InChI=1S/C14H16FN3O3/c1-9-17-13(18-21-9)5-6-16-8-10-3-4-11(12(15)7-10)14(19)20-2/h3-4,7,16H,5-6,8H2,1-2H3. The molecule has 6 nitrogen and oxygen atoms in total. The largest absolute Gasteiger partial charge is 0.465 e. The molecule has 1 aromatic heterocycles. The molecular formula is C14H16FN3O3. The van der Waals surface area contributed by atoms with Crippen LogP contribution in [0.5, 0.6) is 0 Å². The maximum atomic E-state index is 13.7. The predicted octanol–water partition coefficient (Wildman–Crippen LogP) is 1.64. The van der Waals surface area contributed by atoms with Crippen molar-refractivity contribution in [1.82, 2.24) is 15.5 Å². The van der Waals surface area contributed by atoms with Crippen LogP contribution in [0.1, 0.15) is 27.6 Å². The number of carbonyl (C=O) groups excluding carboxylic acids is 1. The van der Waals surface area contributed by atoms with Crippen molar-refractivity contribution in [2.75, 3.05) is 13.7 Å². The summed E-state index contributed by atoms with van der Waals surface area (Å²) in [6, 6.07) is 4.42. The van der Waals surface area contributed by atoms with Gasteiger partial charge in [0.1, 0.15) is 5.82 Å². The SMILES string of the molecule is COC(=O)c1ccc(CNCCc2noc(C)n2)cc1F. The third kappa shape index (κ3) is 4.09. The summed E-state index contributed by atoms with van der Waals surface area (Å²) in [5, 5.41) is 6.92. The van der Waals surface area contributed by atoms with Crippen LogP contribution in [0.15, 0.2) is 22.7 Å². The lowest BCUT2D eigenvalue weighted by Crippen LogP contribution is -2.17. The van der Waals surface area contributed by atoms with Gasteiger partial charge in [0.25, 0.3) is 0 Å². The van der Waals surface area contributed by atoms with E-state index in [1.807, 2.05) is 0 Å². The van der Waals surface area contributed by atoms with Crippen molar-refractivity contribution in [3.8, 4) is 0 Å². The van der Waals surface area contributed by atoms with Crippen LogP contribution >= 0.6 is 0 Å². The molecule has 0 saturated carbocycles. The quantitative estimate of drug-likeness (QED) is 0.644. The summed E-state index contributed by atoms with van der Waals surface area (Å²) < 4.78 is 23.1. The van der Waals surface area contributed by atoms with Gasteiger partial charge in [-0.1, -0.05) is 11.2 Å². The highest BCUT2D eigenvalue weighted by molar-refractivity contribution is 5.89. The maximum absolute atomic E-state index is 13.7. The Balaban J connectivity index is 1.83. The number of hydrogen-bond donors (Lipinski definition) is 1. The molecule has 0 unspecified atom stereocenters. The summed E-state index contributed by atoms with van der Waals surface area (Å²) in [7, 11) is 1.22. The smallest absolute Gasteiger partial charge is 0.340 e. The Hall–Kier alpha value is -2.28. The average molecular weight is 293 g/mol. The first-order valence-corrected chi connectivity index (χ1v) is 6.47.